The van der Waals surface area contributed by atoms with Gasteiger partial charge in [0, 0.05) is 12.8 Å². The molecule has 0 saturated heterocycles. The summed E-state index contributed by atoms with van der Waals surface area (Å²) in [7, 11) is 0. The zero-order valence-electron chi connectivity index (χ0n) is 19.9. The second-order valence-electron chi connectivity index (χ2n) is 11.7. The van der Waals surface area contributed by atoms with Gasteiger partial charge in [0.2, 0.25) is 0 Å². The van der Waals surface area contributed by atoms with Crippen molar-refractivity contribution in [1.29, 1.82) is 5.26 Å². The van der Waals surface area contributed by atoms with Crippen molar-refractivity contribution in [3.8, 4) is 6.07 Å². The number of allylic oxidation sites excluding steroid dienone is 2. The average Bonchev–Trinajstić information content (AvgIpc) is 3.13. The third-order valence-electron chi connectivity index (χ3n) is 10.4. The van der Waals surface area contributed by atoms with Crippen molar-refractivity contribution in [2.75, 3.05) is 6.54 Å². The molecule has 31 heavy (non-hydrogen) atoms. The Labute approximate surface area is 189 Å². The lowest BCUT2D eigenvalue weighted by Crippen LogP contribution is -2.51. The van der Waals surface area contributed by atoms with Crippen molar-refractivity contribution < 1.29 is 5.11 Å². The van der Waals surface area contributed by atoms with Crippen molar-refractivity contribution in [1.82, 2.24) is 0 Å². The molecule has 0 amide bonds. The van der Waals surface area contributed by atoms with Gasteiger partial charge >= 0.3 is 0 Å². The zero-order chi connectivity index (χ0) is 22.2. The van der Waals surface area contributed by atoms with E-state index in [1.807, 2.05) is 6.07 Å². The normalized spacial score (nSPS) is 46.1. The Kier molecular flexibility index (Phi) is 6.55. The maximum Gasteiger partial charge on any atom is 0.117 e. The number of nitriles is 1. The molecule has 4 heteroatoms. The van der Waals surface area contributed by atoms with E-state index in [9.17, 15) is 5.11 Å². The molecule has 0 aromatic heterocycles. The van der Waals surface area contributed by atoms with Crippen molar-refractivity contribution >= 4 is 6.21 Å². The molecule has 0 aliphatic heterocycles. The van der Waals surface area contributed by atoms with E-state index in [1.54, 1.807) is 12.3 Å². The van der Waals surface area contributed by atoms with Gasteiger partial charge in [0.25, 0.3) is 0 Å². The first-order chi connectivity index (χ1) is 14.8. The minimum absolute atomic E-state index is 0.221. The second kappa shape index (κ2) is 8.89. The van der Waals surface area contributed by atoms with Gasteiger partial charge in [-0.2, -0.15) is 5.26 Å². The Balaban J connectivity index is 1.42. The van der Waals surface area contributed by atoms with E-state index in [4.69, 9.17) is 11.0 Å². The Bertz CT molecular complexity index is 754. The van der Waals surface area contributed by atoms with E-state index in [0.29, 0.717) is 11.3 Å². The number of nitrogens with zero attached hydrogens (tertiary/aromatic N) is 2. The summed E-state index contributed by atoms with van der Waals surface area (Å²) in [5.41, 5.74) is 5.85. The van der Waals surface area contributed by atoms with Crippen LogP contribution in [0.1, 0.15) is 85.0 Å². The molecule has 3 unspecified atom stereocenters. The predicted molar refractivity (Wildman–Crippen MR) is 126 cm³/mol. The van der Waals surface area contributed by atoms with E-state index in [0.717, 1.165) is 61.3 Å². The number of fused-ring (bicyclic) bond motifs is 5. The molecule has 4 nitrogen and oxygen atoms in total. The Morgan fingerprint density at radius 2 is 1.94 bits per heavy atom. The molecule has 4 fully saturated rings. The summed E-state index contributed by atoms with van der Waals surface area (Å²) in [5.74, 6) is 5.66. The van der Waals surface area contributed by atoms with Gasteiger partial charge in [-0.15, -0.1) is 0 Å². The highest BCUT2D eigenvalue weighted by atomic mass is 16.3. The monoisotopic (exact) mass is 425 g/mol. The van der Waals surface area contributed by atoms with Crippen molar-refractivity contribution in [2.24, 2.45) is 57.6 Å². The number of nitrogens with two attached hydrogens (primary N) is 1. The van der Waals surface area contributed by atoms with Crippen LogP contribution in [0.4, 0.5) is 0 Å². The van der Waals surface area contributed by atoms with Gasteiger partial charge in [0.15, 0.2) is 0 Å². The third-order valence-corrected chi connectivity index (χ3v) is 10.4. The number of rotatable bonds is 5. The average molecular weight is 426 g/mol. The molecular formula is C27H43N3O. The molecule has 0 bridgehead atoms. The fourth-order valence-electron chi connectivity index (χ4n) is 8.78. The number of aliphatic hydroxyl groups is 1. The molecule has 0 aromatic carbocycles. The first-order valence-corrected chi connectivity index (χ1v) is 12.9. The molecule has 4 rings (SSSR count). The lowest BCUT2D eigenvalue weighted by Gasteiger charge is -2.57. The number of aliphatic imine (C=N–C) groups is 1. The van der Waals surface area contributed by atoms with Crippen LogP contribution in [0.25, 0.3) is 0 Å². The lowest BCUT2D eigenvalue weighted by atomic mass is 9.48. The van der Waals surface area contributed by atoms with Gasteiger partial charge in [0.1, 0.15) is 11.8 Å². The molecule has 0 spiro atoms. The first-order valence-electron chi connectivity index (χ1n) is 12.9. The molecule has 172 valence electrons. The SMILES string of the molecule is CC[C@@]1(O)CC[C@@H]2C3CC[C@@]4(C)C(CCC4[C@@H](C)CN=CC=C(N)C#N)[C@@H]3CC[C@@H]2C1. The van der Waals surface area contributed by atoms with Crippen LogP contribution in [0, 0.1) is 58.2 Å². The molecular weight excluding hydrogens is 382 g/mol. The Hall–Kier alpha value is -1.34. The summed E-state index contributed by atoms with van der Waals surface area (Å²) in [4.78, 5) is 4.57. The van der Waals surface area contributed by atoms with Crippen molar-refractivity contribution in [3.63, 3.8) is 0 Å². The molecule has 9 atom stereocenters. The van der Waals surface area contributed by atoms with Gasteiger partial charge < -0.3 is 10.8 Å². The molecule has 4 aliphatic rings. The van der Waals surface area contributed by atoms with Crippen LogP contribution >= 0.6 is 0 Å². The lowest BCUT2D eigenvalue weighted by molar-refractivity contribution is -0.108. The molecule has 3 N–H and O–H groups in total. The van der Waals surface area contributed by atoms with E-state index < -0.39 is 0 Å². The van der Waals surface area contributed by atoms with Crippen LogP contribution < -0.4 is 5.73 Å². The summed E-state index contributed by atoms with van der Waals surface area (Å²) in [5, 5.41) is 19.7. The van der Waals surface area contributed by atoms with Gasteiger partial charge in [-0.05, 0) is 117 Å². The van der Waals surface area contributed by atoms with E-state index in [1.165, 1.54) is 44.9 Å². The summed E-state index contributed by atoms with van der Waals surface area (Å²) < 4.78 is 0. The van der Waals surface area contributed by atoms with Crippen molar-refractivity contribution in [2.45, 2.75) is 90.6 Å². The predicted octanol–water partition coefficient (Wildman–Crippen LogP) is 5.47. The minimum Gasteiger partial charge on any atom is -0.390 e. The van der Waals surface area contributed by atoms with E-state index in [-0.39, 0.29) is 11.3 Å². The second-order valence-corrected chi connectivity index (χ2v) is 11.7. The van der Waals surface area contributed by atoms with E-state index >= 15 is 0 Å². The zero-order valence-corrected chi connectivity index (χ0v) is 19.9. The maximum absolute atomic E-state index is 10.9. The van der Waals surface area contributed by atoms with Crippen LogP contribution in [0.2, 0.25) is 0 Å². The van der Waals surface area contributed by atoms with Crippen LogP contribution in [0.5, 0.6) is 0 Å². The molecule has 4 saturated carbocycles. The highest BCUT2D eigenvalue weighted by Crippen LogP contribution is 2.65. The first kappa shape index (κ1) is 22.8. The minimum atomic E-state index is -0.376. The maximum atomic E-state index is 10.9. The Morgan fingerprint density at radius 3 is 2.68 bits per heavy atom. The van der Waals surface area contributed by atoms with Gasteiger partial charge in [-0.1, -0.05) is 20.8 Å². The molecule has 0 radical (unpaired) electrons. The van der Waals surface area contributed by atoms with Crippen LogP contribution in [-0.4, -0.2) is 23.5 Å². The smallest absolute Gasteiger partial charge is 0.117 e. The van der Waals surface area contributed by atoms with Crippen LogP contribution in [0.15, 0.2) is 16.8 Å². The largest absolute Gasteiger partial charge is 0.390 e. The molecule has 0 heterocycles. The molecule has 0 aromatic rings. The van der Waals surface area contributed by atoms with Gasteiger partial charge in [-0.25, -0.2) is 0 Å². The van der Waals surface area contributed by atoms with E-state index in [2.05, 4.69) is 25.8 Å². The van der Waals surface area contributed by atoms with Crippen molar-refractivity contribution in [3.05, 3.63) is 11.8 Å². The summed E-state index contributed by atoms with van der Waals surface area (Å²) in [6, 6.07) is 1.94. The quantitative estimate of drug-likeness (QED) is 0.452. The van der Waals surface area contributed by atoms with Gasteiger partial charge in [0.05, 0.1) is 5.60 Å². The summed E-state index contributed by atoms with van der Waals surface area (Å²) in [6.07, 6.45) is 15.8. The fourth-order valence-corrected chi connectivity index (χ4v) is 8.78. The number of hydrogen-bond donors (Lipinski definition) is 2. The highest BCUT2D eigenvalue weighted by Gasteiger charge is 2.58. The van der Waals surface area contributed by atoms with Crippen LogP contribution in [0.3, 0.4) is 0 Å². The standard InChI is InChI=1S/C27H43N3O/c1-4-27(31)13-10-21-19(15-27)5-6-23-22(21)9-12-26(3)24(7-8-25(23)26)18(2)17-30-14-11-20(29)16-28/h11,14,18-19,21-25,31H,4-10,12-13,15,17,29H2,1-3H3/t18-,19+,21-,22?,23+,24?,25?,26+,27+/m0/s1. The third kappa shape index (κ3) is 4.20. The topological polar surface area (TPSA) is 82.4 Å². The Morgan fingerprint density at radius 1 is 1.16 bits per heavy atom. The van der Waals surface area contributed by atoms with Gasteiger partial charge in [-0.3, -0.25) is 4.99 Å². The summed E-state index contributed by atoms with van der Waals surface area (Å²) >= 11 is 0. The summed E-state index contributed by atoms with van der Waals surface area (Å²) in [6.45, 7) is 7.97. The highest BCUT2D eigenvalue weighted by molar-refractivity contribution is 5.72. The fraction of sp³-hybridized carbons (Fsp3) is 0.852. The molecule has 4 aliphatic carbocycles. The number of hydrogen-bond acceptors (Lipinski definition) is 4. The van der Waals surface area contributed by atoms with Crippen LogP contribution in [-0.2, 0) is 0 Å².